The quantitative estimate of drug-likeness (QED) is 0.495. The summed E-state index contributed by atoms with van der Waals surface area (Å²) in [6.45, 7) is 2.70. The van der Waals surface area contributed by atoms with Gasteiger partial charge in [0.25, 0.3) is 0 Å². The Labute approximate surface area is 198 Å². The van der Waals surface area contributed by atoms with E-state index in [4.69, 9.17) is 23.2 Å². The van der Waals surface area contributed by atoms with Gasteiger partial charge in [0.05, 0.1) is 10.6 Å². The summed E-state index contributed by atoms with van der Waals surface area (Å²) in [5.74, 6) is -0.516. The van der Waals surface area contributed by atoms with Gasteiger partial charge < -0.3 is 10.6 Å². The fourth-order valence-electron chi connectivity index (χ4n) is 2.53. The van der Waals surface area contributed by atoms with E-state index in [-0.39, 0.29) is 38.8 Å². The van der Waals surface area contributed by atoms with Crippen LogP contribution < -0.4 is 10.6 Å². The Bertz CT molecular complexity index is 1220. The van der Waals surface area contributed by atoms with Crippen LogP contribution in [0, 0.1) is 5.82 Å². The molecule has 2 heterocycles. The molecule has 0 fully saturated rings. The zero-order valence-corrected chi connectivity index (χ0v) is 18.9. The Morgan fingerprint density at radius 3 is 1.88 bits per heavy atom. The van der Waals surface area contributed by atoms with E-state index in [1.165, 1.54) is 50.5 Å². The van der Waals surface area contributed by atoms with Gasteiger partial charge in [0, 0.05) is 54.0 Å². The standard InChI is InChI=1S/C14H10ClFN2O2.C8H7ClN2O2/c1-8(20)18-14-5-12(9(7-19)6-17-14)11-3-2-10(15)4-13(11)16;1-5(13)11-8-2-7(9)6(4-12)3-10-8/h2-7H,1H3,(H,17,18,20);2-4H,1H3,(H,10,11,13). The average Bonchev–Trinajstić information content (AvgIpc) is 2.73. The number of carbonyl (C=O) groups excluding carboxylic acids is 4. The maximum absolute atomic E-state index is 13.9. The van der Waals surface area contributed by atoms with Crippen molar-refractivity contribution >= 4 is 59.2 Å². The lowest BCUT2D eigenvalue weighted by Crippen LogP contribution is -2.08. The van der Waals surface area contributed by atoms with E-state index in [0.717, 1.165) is 6.07 Å². The van der Waals surface area contributed by atoms with E-state index in [1.54, 1.807) is 0 Å². The minimum Gasteiger partial charge on any atom is -0.311 e. The molecular formula is C22H17Cl2FN4O4. The van der Waals surface area contributed by atoms with Crippen LogP contribution in [0.2, 0.25) is 10.0 Å². The number of anilines is 2. The summed E-state index contributed by atoms with van der Waals surface area (Å²) in [5.41, 5.74) is 1.08. The van der Waals surface area contributed by atoms with E-state index in [1.807, 2.05) is 0 Å². The van der Waals surface area contributed by atoms with Crippen molar-refractivity contribution in [2.45, 2.75) is 13.8 Å². The van der Waals surface area contributed by atoms with E-state index < -0.39 is 5.82 Å². The first-order chi connectivity index (χ1) is 15.6. The lowest BCUT2D eigenvalue weighted by atomic mass is 10.0. The van der Waals surface area contributed by atoms with E-state index in [0.29, 0.717) is 29.5 Å². The molecule has 2 N–H and O–H groups in total. The number of aldehydes is 2. The van der Waals surface area contributed by atoms with Crippen molar-refractivity contribution in [2.75, 3.05) is 10.6 Å². The van der Waals surface area contributed by atoms with Gasteiger partial charge in [-0.05, 0) is 24.3 Å². The Kier molecular flexibility index (Phi) is 9.14. The smallest absolute Gasteiger partial charge is 0.222 e. The number of aromatic nitrogens is 2. The number of nitrogens with zero attached hydrogens (tertiary/aromatic N) is 2. The largest absolute Gasteiger partial charge is 0.311 e. The number of rotatable bonds is 5. The fraction of sp³-hybridized carbons (Fsp3) is 0.0909. The first kappa shape index (κ1) is 25.6. The molecule has 0 aliphatic heterocycles. The summed E-state index contributed by atoms with van der Waals surface area (Å²) < 4.78 is 13.9. The molecule has 11 heteroatoms. The van der Waals surface area contributed by atoms with Gasteiger partial charge in [0.15, 0.2) is 12.6 Å². The Morgan fingerprint density at radius 1 is 0.848 bits per heavy atom. The second-order valence-corrected chi connectivity index (χ2v) is 7.31. The molecular weight excluding hydrogens is 474 g/mol. The number of pyridine rings is 2. The average molecular weight is 491 g/mol. The molecule has 1 aromatic carbocycles. The van der Waals surface area contributed by atoms with Crippen LogP contribution in [-0.2, 0) is 9.59 Å². The van der Waals surface area contributed by atoms with Crippen molar-refractivity contribution in [1.29, 1.82) is 0 Å². The summed E-state index contributed by atoms with van der Waals surface area (Å²) >= 11 is 11.4. The van der Waals surface area contributed by atoms with Gasteiger partial charge in [-0.25, -0.2) is 14.4 Å². The second-order valence-electron chi connectivity index (χ2n) is 6.47. The van der Waals surface area contributed by atoms with Crippen molar-refractivity contribution in [3.8, 4) is 11.1 Å². The Hall–Kier alpha value is -3.69. The summed E-state index contributed by atoms with van der Waals surface area (Å²) in [4.78, 5) is 50.7. The highest BCUT2D eigenvalue weighted by atomic mass is 35.5. The van der Waals surface area contributed by atoms with Gasteiger partial charge in [-0.1, -0.05) is 23.2 Å². The predicted octanol–water partition coefficient (Wildman–Crippen LogP) is 4.82. The van der Waals surface area contributed by atoms with Crippen LogP contribution in [0.3, 0.4) is 0 Å². The number of halogens is 3. The third kappa shape index (κ3) is 7.44. The maximum atomic E-state index is 13.9. The number of nitrogens with one attached hydrogen (secondary N) is 2. The van der Waals surface area contributed by atoms with Crippen LogP contribution in [0.15, 0.2) is 42.7 Å². The highest BCUT2D eigenvalue weighted by Crippen LogP contribution is 2.29. The molecule has 0 radical (unpaired) electrons. The highest BCUT2D eigenvalue weighted by Gasteiger charge is 2.12. The van der Waals surface area contributed by atoms with Gasteiger partial charge in [-0.15, -0.1) is 0 Å². The van der Waals surface area contributed by atoms with Gasteiger partial charge >= 0.3 is 0 Å². The molecule has 8 nitrogen and oxygen atoms in total. The molecule has 0 unspecified atom stereocenters. The molecule has 2 aromatic heterocycles. The number of hydrogen-bond donors (Lipinski definition) is 2. The summed E-state index contributed by atoms with van der Waals surface area (Å²) in [5, 5.41) is 5.46. The van der Waals surface area contributed by atoms with Crippen LogP contribution in [0.25, 0.3) is 11.1 Å². The monoisotopic (exact) mass is 490 g/mol. The number of carbonyl (C=O) groups is 4. The first-order valence-electron chi connectivity index (χ1n) is 9.21. The molecule has 0 aliphatic carbocycles. The Balaban J connectivity index is 0.000000257. The minimum atomic E-state index is -0.555. The molecule has 33 heavy (non-hydrogen) atoms. The van der Waals surface area contributed by atoms with Gasteiger partial charge in [0.2, 0.25) is 11.8 Å². The van der Waals surface area contributed by atoms with Crippen molar-refractivity contribution in [3.05, 3.63) is 69.7 Å². The molecule has 3 rings (SSSR count). The third-order valence-corrected chi connectivity index (χ3v) is 4.46. The van der Waals surface area contributed by atoms with Gasteiger partial charge in [0.1, 0.15) is 17.5 Å². The summed E-state index contributed by atoms with van der Waals surface area (Å²) in [6.07, 6.45) is 3.77. The first-order valence-corrected chi connectivity index (χ1v) is 9.96. The molecule has 0 saturated heterocycles. The topological polar surface area (TPSA) is 118 Å². The minimum absolute atomic E-state index is 0.213. The molecule has 170 valence electrons. The molecule has 0 aliphatic rings. The molecule has 3 aromatic rings. The lowest BCUT2D eigenvalue weighted by molar-refractivity contribution is -0.115. The van der Waals surface area contributed by atoms with Crippen LogP contribution in [0.1, 0.15) is 34.6 Å². The molecule has 0 atom stereocenters. The normalized spacial score (nSPS) is 9.85. The Morgan fingerprint density at radius 2 is 1.39 bits per heavy atom. The van der Waals surface area contributed by atoms with E-state index >= 15 is 0 Å². The number of benzene rings is 1. The van der Waals surface area contributed by atoms with Crippen LogP contribution >= 0.6 is 23.2 Å². The second kappa shape index (κ2) is 11.8. The number of hydrogen-bond acceptors (Lipinski definition) is 6. The molecule has 0 saturated carbocycles. The van der Waals surface area contributed by atoms with Crippen LogP contribution in [-0.4, -0.2) is 34.4 Å². The van der Waals surface area contributed by atoms with Crippen LogP contribution in [0.4, 0.5) is 16.0 Å². The van der Waals surface area contributed by atoms with E-state index in [2.05, 4.69) is 20.6 Å². The van der Waals surface area contributed by atoms with Crippen molar-refractivity contribution in [1.82, 2.24) is 9.97 Å². The summed E-state index contributed by atoms with van der Waals surface area (Å²) in [6, 6.07) is 7.01. The maximum Gasteiger partial charge on any atom is 0.222 e. The van der Waals surface area contributed by atoms with E-state index in [9.17, 15) is 23.6 Å². The van der Waals surface area contributed by atoms with Crippen molar-refractivity contribution in [3.63, 3.8) is 0 Å². The molecule has 2 amide bonds. The third-order valence-electron chi connectivity index (χ3n) is 3.90. The zero-order valence-electron chi connectivity index (χ0n) is 17.4. The fourth-order valence-corrected chi connectivity index (χ4v) is 2.88. The zero-order chi connectivity index (χ0) is 24.5. The molecule has 0 bridgehead atoms. The SMILES string of the molecule is CC(=O)Nc1cc(-c2ccc(Cl)cc2F)c(C=O)cn1.CC(=O)Nc1cc(Cl)c(C=O)cn1. The summed E-state index contributed by atoms with van der Waals surface area (Å²) in [7, 11) is 0. The lowest BCUT2D eigenvalue weighted by Gasteiger charge is -2.09. The van der Waals surface area contributed by atoms with Crippen molar-refractivity contribution in [2.24, 2.45) is 0 Å². The number of amides is 2. The predicted molar refractivity (Wildman–Crippen MR) is 123 cm³/mol. The molecule has 0 spiro atoms. The van der Waals surface area contributed by atoms with Gasteiger partial charge in [-0.2, -0.15) is 0 Å². The van der Waals surface area contributed by atoms with Gasteiger partial charge in [-0.3, -0.25) is 19.2 Å². The van der Waals surface area contributed by atoms with Crippen LogP contribution in [0.5, 0.6) is 0 Å². The van der Waals surface area contributed by atoms with Crippen molar-refractivity contribution < 1.29 is 23.6 Å². The highest BCUT2D eigenvalue weighted by molar-refractivity contribution is 6.33.